The van der Waals surface area contributed by atoms with Gasteiger partial charge < -0.3 is 4.74 Å². The van der Waals surface area contributed by atoms with Crippen LogP contribution in [0.3, 0.4) is 0 Å². The normalized spacial score (nSPS) is 9.05. The fourth-order valence-electron chi connectivity index (χ4n) is 1.90. The summed E-state index contributed by atoms with van der Waals surface area (Å²) >= 11 is 0. The van der Waals surface area contributed by atoms with Crippen LogP contribution in [0.1, 0.15) is 5.56 Å². The van der Waals surface area contributed by atoms with Gasteiger partial charge in [-0.05, 0) is 22.9 Å². The van der Waals surface area contributed by atoms with E-state index in [1.54, 1.807) is 6.07 Å². The van der Waals surface area contributed by atoms with Crippen molar-refractivity contribution in [3.8, 4) is 30.2 Å². The first kappa shape index (κ1) is 13.2. The van der Waals surface area contributed by atoms with Gasteiger partial charge in [0.2, 0.25) is 0 Å². The first-order valence-electron chi connectivity index (χ1n) is 5.90. The van der Waals surface area contributed by atoms with Crippen molar-refractivity contribution < 1.29 is 4.74 Å². The molecule has 0 saturated carbocycles. The van der Waals surface area contributed by atoms with Crippen LogP contribution in [0.4, 0.5) is 0 Å². The molecule has 0 spiro atoms. The van der Waals surface area contributed by atoms with Crippen LogP contribution in [-0.2, 0) is 0 Å². The summed E-state index contributed by atoms with van der Waals surface area (Å²) in [7, 11) is 0. The lowest BCUT2D eigenvalue weighted by Crippen LogP contribution is -1.96. The molecule has 20 heavy (non-hydrogen) atoms. The third-order valence-electron chi connectivity index (χ3n) is 2.77. The number of hydrogen-bond acceptors (Lipinski definition) is 3. The van der Waals surface area contributed by atoms with Gasteiger partial charge in [-0.1, -0.05) is 36.3 Å². The molecule has 3 heteroatoms. The number of rotatable bonds is 3. The maximum absolute atomic E-state index is 8.91. The van der Waals surface area contributed by atoms with Crippen LogP contribution in [0, 0.1) is 35.0 Å². The number of hydrogen-bond donors (Lipinski definition) is 0. The summed E-state index contributed by atoms with van der Waals surface area (Å²) in [4.78, 5) is 0. The highest BCUT2D eigenvalue weighted by atomic mass is 16.5. The van der Waals surface area contributed by atoms with Gasteiger partial charge in [-0.3, -0.25) is 0 Å². The smallest absolute Gasteiger partial charge is 0.148 e. The number of fused-ring (bicyclic) bond motifs is 1. The van der Waals surface area contributed by atoms with E-state index in [1.807, 2.05) is 42.5 Å². The van der Waals surface area contributed by atoms with E-state index in [-0.39, 0.29) is 12.2 Å². The molecule has 2 rings (SSSR count). The molecule has 2 aromatic carbocycles. The Bertz CT molecular complexity index is 782. The predicted molar refractivity (Wildman–Crippen MR) is 77.5 cm³/mol. The highest BCUT2D eigenvalue weighted by Crippen LogP contribution is 2.30. The molecule has 0 heterocycles. The number of ether oxygens (including phenoxy) is 1. The average Bonchev–Trinajstić information content (AvgIpc) is 2.51. The van der Waals surface area contributed by atoms with Crippen LogP contribution in [-0.4, -0.2) is 6.61 Å². The largest absolute Gasteiger partial charge is 0.480 e. The van der Waals surface area contributed by atoms with E-state index < -0.39 is 0 Å². The van der Waals surface area contributed by atoms with Crippen LogP contribution < -0.4 is 4.74 Å². The minimum absolute atomic E-state index is 0.0203. The molecular formula is C17H10N2O. The van der Waals surface area contributed by atoms with Crippen LogP contribution in [0.25, 0.3) is 16.8 Å². The Morgan fingerprint density at radius 1 is 1.15 bits per heavy atom. The molecule has 0 unspecified atom stereocenters. The van der Waals surface area contributed by atoms with Gasteiger partial charge in [0.1, 0.15) is 30.1 Å². The summed E-state index contributed by atoms with van der Waals surface area (Å²) in [6.45, 7) is 0.133. The Morgan fingerprint density at radius 2 is 1.90 bits per heavy atom. The van der Waals surface area contributed by atoms with E-state index >= 15 is 0 Å². The zero-order valence-corrected chi connectivity index (χ0v) is 10.6. The number of terminal acetylenes is 1. The molecule has 94 valence electrons. The number of nitrogens with zero attached hydrogens (tertiary/aromatic N) is 2. The van der Waals surface area contributed by atoms with E-state index in [0.717, 1.165) is 10.8 Å². The molecular weight excluding hydrogens is 248 g/mol. The fourth-order valence-corrected chi connectivity index (χ4v) is 1.90. The Balaban J connectivity index is 2.69. The lowest BCUT2D eigenvalue weighted by Gasteiger charge is -2.10. The molecule has 2 aromatic rings. The van der Waals surface area contributed by atoms with Crippen LogP contribution in [0.2, 0.25) is 0 Å². The number of nitriles is 2. The van der Waals surface area contributed by atoms with E-state index in [1.165, 1.54) is 6.08 Å². The molecule has 0 saturated heterocycles. The maximum atomic E-state index is 8.91. The molecule has 0 atom stereocenters. The standard InChI is InChI=1S/C17H10N2O/c1-2-9-20-17-8-7-14-5-3-4-6-15(14)16(17)10-13(11-18)12-19/h1,3-8,10H,9H2. The van der Waals surface area contributed by atoms with Crippen molar-refractivity contribution in [2.75, 3.05) is 6.61 Å². The van der Waals surface area contributed by atoms with E-state index in [2.05, 4.69) is 5.92 Å². The molecule has 0 radical (unpaired) electrons. The molecule has 0 bridgehead atoms. The third-order valence-corrected chi connectivity index (χ3v) is 2.77. The summed E-state index contributed by atoms with van der Waals surface area (Å²) in [6, 6.07) is 15.1. The first-order valence-corrected chi connectivity index (χ1v) is 5.90. The first-order chi connectivity index (χ1) is 9.80. The monoisotopic (exact) mass is 258 g/mol. The second-order valence-corrected chi connectivity index (χ2v) is 3.97. The van der Waals surface area contributed by atoms with Gasteiger partial charge in [-0.25, -0.2) is 0 Å². The molecule has 0 aliphatic heterocycles. The Labute approximate surface area is 117 Å². The summed E-state index contributed by atoms with van der Waals surface area (Å²) in [6.07, 6.45) is 6.72. The van der Waals surface area contributed by atoms with E-state index in [4.69, 9.17) is 21.7 Å². The van der Waals surface area contributed by atoms with Crippen molar-refractivity contribution in [2.24, 2.45) is 0 Å². The van der Waals surface area contributed by atoms with Gasteiger partial charge in [0.25, 0.3) is 0 Å². The van der Waals surface area contributed by atoms with Gasteiger partial charge in [0.05, 0.1) is 0 Å². The van der Waals surface area contributed by atoms with Crippen molar-refractivity contribution in [3.63, 3.8) is 0 Å². The van der Waals surface area contributed by atoms with Gasteiger partial charge in [-0.15, -0.1) is 6.42 Å². The van der Waals surface area contributed by atoms with Crippen LogP contribution in [0.15, 0.2) is 42.0 Å². The fraction of sp³-hybridized carbons (Fsp3) is 0.0588. The summed E-state index contributed by atoms with van der Waals surface area (Å²) in [5.74, 6) is 2.96. The predicted octanol–water partition coefficient (Wildman–Crippen LogP) is 3.28. The molecule has 3 nitrogen and oxygen atoms in total. The van der Waals surface area contributed by atoms with Gasteiger partial charge in [-0.2, -0.15) is 10.5 Å². The van der Waals surface area contributed by atoms with E-state index in [9.17, 15) is 0 Å². The van der Waals surface area contributed by atoms with Crippen molar-refractivity contribution >= 4 is 16.8 Å². The number of allylic oxidation sites excluding steroid dienone is 1. The summed E-state index contributed by atoms with van der Waals surface area (Å²) in [5, 5.41) is 19.7. The van der Waals surface area contributed by atoms with E-state index in [0.29, 0.717) is 11.3 Å². The molecule has 0 amide bonds. The average molecular weight is 258 g/mol. The number of benzene rings is 2. The zero-order chi connectivity index (χ0) is 14.4. The van der Waals surface area contributed by atoms with Crippen LogP contribution in [0.5, 0.6) is 5.75 Å². The Morgan fingerprint density at radius 3 is 2.60 bits per heavy atom. The minimum Gasteiger partial charge on any atom is -0.480 e. The van der Waals surface area contributed by atoms with Gasteiger partial charge in [0, 0.05) is 5.56 Å². The van der Waals surface area contributed by atoms with Crippen molar-refractivity contribution in [2.45, 2.75) is 0 Å². The molecule has 0 aliphatic carbocycles. The molecule has 0 aliphatic rings. The lowest BCUT2D eigenvalue weighted by atomic mass is 10.0. The highest BCUT2D eigenvalue weighted by molar-refractivity contribution is 5.94. The molecule has 0 fully saturated rings. The third kappa shape index (κ3) is 2.61. The highest BCUT2D eigenvalue weighted by Gasteiger charge is 2.08. The van der Waals surface area contributed by atoms with Crippen molar-refractivity contribution in [1.82, 2.24) is 0 Å². The second kappa shape index (κ2) is 6.10. The zero-order valence-electron chi connectivity index (χ0n) is 10.6. The molecule has 0 aromatic heterocycles. The minimum atomic E-state index is 0.0203. The van der Waals surface area contributed by atoms with Gasteiger partial charge >= 0.3 is 0 Å². The maximum Gasteiger partial charge on any atom is 0.148 e. The SMILES string of the molecule is C#CCOc1ccc2ccccc2c1C=C(C#N)C#N. The lowest BCUT2D eigenvalue weighted by molar-refractivity contribution is 0.370. The van der Waals surface area contributed by atoms with Crippen molar-refractivity contribution in [3.05, 3.63) is 47.5 Å². The Kier molecular flexibility index (Phi) is 4.03. The summed E-state index contributed by atoms with van der Waals surface area (Å²) < 4.78 is 5.48. The van der Waals surface area contributed by atoms with Crippen molar-refractivity contribution in [1.29, 1.82) is 10.5 Å². The summed E-state index contributed by atoms with van der Waals surface area (Å²) in [5.41, 5.74) is 0.711. The second-order valence-electron chi connectivity index (χ2n) is 3.97. The van der Waals surface area contributed by atoms with Crippen LogP contribution >= 0.6 is 0 Å². The quantitative estimate of drug-likeness (QED) is 0.627. The molecule has 0 N–H and O–H groups in total. The Hall–Kier alpha value is -3.22. The topological polar surface area (TPSA) is 56.8 Å². The van der Waals surface area contributed by atoms with Gasteiger partial charge in [0.15, 0.2) is 0 Å².